The summed E-state index contributed by atoms with van der Waals surface area (Å²) in [6.07, 6.45) is 0.831. The molecule has 0 saturated heterocycles. The average molecular weight is 366 g/mol. The summed E-state index contributed by atoms with van der Waals surface area (Å²) >= 11 is 0. The highest BCUT2D eigenvalue weighted by molar-refractivity contribution is 6.08. The highest BCUT2D eigenvalue weighted by Gasteiger charge is 2.22. The van der Waals surface area contributed by atoms with Gasteiger partial charge in [0.1, 0.15) is 6.04 Å². The summed E-state index contributed by atoms with van der Waals surface area (Å²) in [7, 11) is 0. The van der Waals surface area contributed by atoms with Crippen molar-refractivity contribution in [3.63, 3.8) is 0 Å². The van der Waals surface area contributed by atoms with Gasteiger partial charge in [0.15, 0.2) is 0 Å². The normalized spacial score (nSPS) is 12.0. The van der Waals surface area contributed by atoms with Gasteiger partial charge in [0.25, 0.3) is 11.6 Å². The number of pyridine rings is 1. The predicted molar refractivity (Wildman–Crippen MR) is 102 cm³/mol. The summed E-state index contributed by atoms with van der Waals surface area (Å²) in [5.74, 6) is -0.592. The molecule has 0 aliphatic rings. The standard InChI is InChI=1S/C20H22N4O3/c1-4-10-21-18(25)13(3)22-19(26)15-11-16(14-8-6-5-7-9-14)23-20-17(15)12(2)24-27-20/h5-9,11,13H,4,10H2,1-3H3,(H,21,25)(H,22,26)/t13-/m0/s1. The molecule has 0 aliphatic carbocycles. The van der Waals surface area contributed by atoms with Gasteiger partial charge in [-0.25, -0.2) is 4.98 Å². The van der Waals surface area contributed by atoms with E-state index < -0.39 is 6.04 Å². The van der Waals surface area contributed by atoms with Gasteiger partial charge < -0.3 is 15.2 Å². The number of carbonyl (C=O) groups excluding carboxylic acids is 2. The fraction of sp³-hybridized carbons (Fsp3) is 0.300. The molecule has 3 aromatic rings. The Morgan fingerprint density at radius 1 is 1.22 bits per heavy atom. The van der Waals surface area contributed by atoms with E-state index >= 15 is 0 Å². The van der Waals surface area contributed by atoms with Crippen LogP contribution in [-0.4, -0.2) is 34.5 Å². The molecule has 2 N–H and O–H groups in total. The van der Waals surface area contributed by atoms with Crippen molar-refractivity contribution in [2.24, 2.45) is 0 Å². The van der Waals surface area contributed by atoms with Crippen molar-refractivity contribution in [2.75, 3.05) is 6.54 Å². The zero-order chi connectivity index (χ0) is 19.4. The number of rotatable bonds is 6. The minimum Gasteiger partial charge on any atom is -0.354 e. The Bertz CT molecular complexity index is 966. The first-order valence-electron chi connectivity index (χ1n) is 8.92. The van der Waals surface area contributed by atoms with Crippen molar-refractivity contribution in [3.05, 3.63) is 47.7 Å². The van der Waals surface area contributed by atoms with Crippen LogP contribution in [0.2, 0.25) is 0 Å². The Balaban J connectivity index is 1.96. The third-order valence-electron chi connectivity index (χ3n) is 4.22. The first-order chi connectivity index (χ1) is 13.0. The van der Waals surface area contributed by atoms with Crippen molar-refractivity contribution in [1.29, 1.82) is 0 Å². The SMILES string of the molecule is CCCNC(=O)[C@H](C)NC(=O)c1cc(-c2ccccc2)nc2onc(C)c12. The molecule has 0 unspecified atom stereocenters. The zero-order valence-electron chi connectivity index (χ0n) is 15.6. The molecule has 27 heavy (non-hydrogen) atoms. The van der Waals surface area contributed by atoms with Crippen LogP contribution in [-0.2, 0) is 4.79 Å². The van der Waals surface area contributed by atoms with Gasteiger partial charge in [0, 0.05) is 12.1 Å². The van der Waals surface area contributed by atoms with Crippen LogP contribution < -0.4 is 10.6 Å². The van der Waals surface area contributed by atoms with E-state index in [0.717, 1.165) is 12.0 Å². The Hall–Kier alpha value is -3.22. The van der Waals surface area contributed by atoms with Crippen molar-refractivity contribution in [2.45, 2.75) is 33.2 Å². The maximum atomic E-state index is 12.9. The van der Waals surface area contributed by atoms with Crippen LogP contribution >= 0.6 is 0 Å². The van der Waals surface area contributed by atoms with Crippen LogP contribution in [0, 0.1) is 6.92 Å². The fourth-order valence-corrected chi connectivity index (χ4v) is 2.77. The summed E-state index contributed by atoms with van der Waals surface area (Å²) in [5, 5.41) is 10.00. The van der Waals surface area contributed by atoms with E-state index in [0.29, 0.717) is 34.6 Å². The quantitative estimate of drug-likeness (QED) is 0.699. The van der Waals surface area contributed by atoms with Crippen LogP contribution in [0.15, 0.2) is 40.9 Å². The van der Waals surface area contributed by atoms with Crippen molar-refractivity contribution < 1.29 is 14.1 Å². The van der Waals surface area contributed by atoms with Gasteiger partial charge >= 0.3 is 0 Å². The Kier molecular flexibility index (Phi) is 5.49. The lowest BCUT2D eigenvalue weighted by Gasteiger charge is -2.14. The van der Waals surface area contributed by atoms with Gasteiger partial charge in [-0.2, -0.15) is 0 Å². The van der Waals surface area contributed by atoms with E-state index in [2.05, 4.69) is 20.8 Å². The number of nitrogens with zero attached hydrogens (tertiary/aromatic N) is 2. The minimum atomic E-state index is -0.660. The molecule has 0 fully saturated rings. The first-order valence-corrected chi connectivity index (χ1v) is 8.92. The minimum absolute atomic E-state index is 0.221. The van der Waals surface area contributed by atoms with Crippen molar-refractivity contribution >= 4 is 22.9 Å². The molecule has 7 heteroatoms. The van der Waals surface area contributed by atoms with Gasteiger partial charge in [-0.05, 0) is 26.3 Å². The van der Waals surface area contributed by atoms with Crippen LogP contribution in [0.5, 0.6) is 0 Å². The molecule has 3 rings (SSSR count). The zero-order valence-corrected chi connectivity index (χ0v) is 15.6. The van der Waals surface area contributed by atoms with E-state index in [4.69, 9.17) is 4.52 Å². The number of carbonyl (C=O) groups is 2. The molecular formula is C20H22N4O3. The molecule has 7 nitrogen and oxygen atoms in total. The molecule has 0 bridgehead atoms. The monoisotopic (exact) mass is 366 g/mol. The number of amides is 2. The summed E-state index contributed by atoms with van der Waals surface area (Å²) in [5.41, 5.74) is 2.71. The van der Waals surface area contributed by atoms with Crippen molar-refractivity contribution in [1.82, 2.24) is 20.8 Å². The van der Waals surface area contributed by atoms with Crippen LogP contribution in [0.1, 0.15) is 36.3 Å². The maximum absolute atomic E-state index is 12.9. The summed E-state index contributed by atoms with van der Waals surface area (Å²) in [6.45, 7) is 5.95. The number of hydrogen-bond acceptors (Lipinski definition) is 5. The van der Waals surface area contributed by atoms with Gasteiger partial charge in [-0.15, -0.1) is 0 Å². The first kappa shape index (κ1) is 18.6. The Morgan fingerprint density at radius 2 is 1.96 bits per heavy atom. The molecule has 1 atom stereocenters. The van der Waals surface area contributed by atoms with E-state index in [1.54, 1.807) is 19.9 Å². The van der Waals surface area contributed by atoms with Gasteiger partial charge in [-0.3, -0.25) is 9.59 Å². The molecule has 0 aliphatic heterocycles. The van der Waals surface area contributed by atoms with Crippen LogP contribution in [0.4, 0.5) is 0 Å². The number of benzene rings is 1. The molecule has 2 heterocycles. The summed E-state index contributed by atoms with van der Waals surface area (Å²) in [4.78, 5) is 29.4. The van der Waals surface area contributed by atoms with E-state index in [1.807, 2.05) is 37.3 Å². The second-order valence-corrected chi connectivity index (χ2v) is 6.36. The molecule has 1 aromatic carbocycles. The molecule has 2 aromatic heterocycles. The molecule has 0 radical (unpaired) electrons. The number of hydrogen-bond donors (Lipinski definition) is 2. The van der Waals surface area contributed by atoms with Crippen LogP contribution in [0.3, 0.4) is 0 Å². The van der Waals surface area contributed by atoms with E-state index in [1.165, 1.54) is 0 Å². The highest BCUT2D eigenvalue weighted by Crippen LogP contribution is 2.27. The molecule has 140 valence electrons. The third-order valence-corrected chi connectivity index (χ3v) is 4.22. The highest BCUT2D eigenvalue weighted by atomic mass is 16.5. The Morgan fingerprint density at radius 3 is 2.67 bits per heavy atom. The average Bonchev–Trinajstić information content (AvgIpc) is 3.06. The number of aryl methyl sites for hydroxylation is 1. The van der Waals surface area contributed by atoms with Crippen LogP contribution in [0.25, 0.3) is 22.4 Å². The van der Waals surface area contributed by atoms with Crippen molar-refractivity contribution in [3.8, 4) is 11.3 Å². The summed E-state index contributed by atoms with van der Waals surface area (Å²) in [6, 6.07) is 10.5. The molecular weight excluding hydrogens is 344 g/mol. The maximum Gasteiger partial charge on any atom is 0.259 e. The van der Waals surface area contributed by atoms with Gasteiger partial charge in [0.2, 0.25) is 5.91 Å². The predicted octanol–water partition coefficient (Wildman–Crippen LogP) is 2.84. The lowest BCUT2D eigenvalue weighted by molar-refractivity contribution is -0.122. The summed E-state index contributed by atoms with van der Waals surface area (Å²) < 4.78 is 5.29. The lowest BCUT2D eigenvalue weighted by Crippen LogP contribution is -2.45. The lowest BCUT2D eigenvalue weighted by atomic mass is 10.0. The topological polar surface area (TPSA) is 97.1 Å². The Labute approximate surface area is 157 Å². The second kappa shape index (κ2) is 7.99. The fourth-order valence-electron chi connectivity index (χ4n) is 2.77. The molecule has 2 amide bonds. The number of nitrogens with one attached hydrogen (secondary N) is 2. The largest absolute Gasteiger partial charge is 0.354 e. The molecule has 0 spiro atoms. The molecule has 0 saturated carbocycles. The second-order valence-electron chi connectivity index (χ2n) is 6.36. The number of aromatic nitrogens is 2. The number of fused-ring (bicyclic) bond motifs is 1. The van der Waals surface area contributed by atoms with Gasteiger partial charge in [-0.1, -0.05) is 42.4 Å². The smallest absolute Gasteiger partial charge is 0.259 e. The van der Waals surface area contributed by atoms with E-state index in [9.17, 15) is 9.59 Å². The third kappa shape index (κ3) is 3.97. The van der Waals surface area contributed by atoms with Gasteiger partial charge in [0.05, 0.1) is 22.3 Å². The van der Waals surface area contributed by atoms with E-state index in [-0.39, 0.29) is 11.8 Å².